The van der Waals surface area contributed by atoms with Crippen molar-refractivity contribution >= 4 is 17.0 Å². The highest BCUT2D eigenvalue weighted by Crippen LogP contribution is 2.20. The molecule has 0 spiro atoms. The molecule has 0 radical (unpaired) electrons. The zero-order valence-corrected chi connectivity index (χ0v) is 11.3. The summed E-state index contributed by atoms with van der Waals surface area (Å²) in [6, 6.07) is 7.63. The summed E-state index contributed by atoms with van der Waals surface area (Å²) in [5, 5.41) is 9.05. The summed E-state index contributed by atoms with van der Waals surface area (Å²) >= 11 is 0. The highest BCUT2D eigenvalue weighted by molar-refractivity contribution is 5.83. The van der Waals surface area contributed by atoms with Gasteiger partial charge in [0, 0.05) is 13.2 Å². The molecule has 2 N–H and O–H groups in total. The van der Waals surface area contributed by atoms with Gasteiger partial charge in [0.05, 0.1) is 17.7 Å². The van der Waals surface area contributed by atoms with E-state index in [0.717, 1.165) is 12.1 Å². The first kappa shape index (κ1) is 13.4. The molecule has 1 aromatic heterocycles. The van der Waals surface area contributed by atoms with Crippen molar-refractivity contribution in [2.75, 3.05) is 18.9 Å². The summed E-state index contributed by atoms with van der Waals surface area (Å²) in [4.78, 5) is 4.26. The quantitative estimate of drug-likeness (QED) is 0.834. The normalized spacial score (nSPS) is 11.1. The van der Waals surface area contributed by atoms with Crippen molar-refractivity contribution in [3.05, 3.63) is 23.8 Å². The Hall–Kier alpha value is -2.06. The topological polar surface area (TPSA) is 76.9 Å². The van der Waals surface area contributed by atoms with E-state index >= 15 is 0 Å². The van der Waals surface area contributed by atoms with Crippen LogP contribution in [0.3, 0.4) is 0 Å². The number of nitrogens with zero attached hydrogens (tertiary/aromatic N) is 3. The summed E-state index contributed by atoms with van der Waals surface area (Å²) in [7, 11) is 0. The molecule has 1 heterocycles. The van der Waals surface area contributed by atoms with E-state index in [-0.39, 0.29) is 0 Å². The second-order valence-electron chi connectivity index (χ2n) is 4.88. The Kier molecular flexibility index (Phi) is 4.03. The number of para-hydroxylation sites is 1. The first-order valence-corrected chi connectivity index (χ1v) is 6.36. The van der Waals surface area contributed by atoms with E-state index in [1.54, 1.807) is 6.07 Å². The Labute approximate surface area is 112 Å². The summed E-state index contributed by atoms with van der Waals surface area (Å²) in [5.41, 5.74) is 7.99. The second kappa shape index (κ2) is 5.72. The SMILES string of the molecule is CC(C)COCCn1c(N)nc2c(C#N)cccc21. The fraction of sp³-hybridized carbons (Fsp3) is 0.429. The van der Waals surface area contributed by atoms with Crippen LogP contribution in [0, 0.1) is 17.2 Å². The van der Waals surface area contributed by atoms with Gasteiger partial charge >= 0.3 is 0 Å². The van der Waals surface area contributed by atoms with Gasteiger partial charge in [-0.3, -0.25) is 0 Å². The van der Waals surface area contributed by atoms with Gasteiger partial charge in [-0.25, -0.2) is 4.98 Å². The van der Waals surface area contributed by atoms with Gasteiger partial charge in [-0.05, 0) is 18.1 Å². The van der Waals surface area contributed by atoms with E-state index in [1.807, 2.05) is 16.7 Å². The number of nitriles is 1. The average Bonchev–Trinajstić information content (AvgIpc) is 2.70. The minimum Gasteiger partial charge on any atom is -0.379 e. The van der Waals surface area contributed by atoms with E-state index in [9.17, 15) is 0 Å². The smallest absolute Gasteiger partial charge is 0.201 e. The number of aromatic nitrogens is 2. The van der Waals surface area contributed by atoms with Gasteiger partial charge in [0.15, 0.2) is 0 Å². The molecule has 2 aromatic rings. The standard InChI is InChI=1S/C14H18N4O/c1-10(2)9-19-7-6-18-12-5-3-4-11(8-15)13(12)17-14(18)16/h3-5,10H,6-7,9H2,1-2H3,(H2,16,17). The number of nitrogen functional groups attached to an aromatic ring is 1. The molecule has 1 aromatic carbocycles. The molecule has 0 aliphatic carbocycles. The summed E-state index contributed by atoms with van der Waals surface area (Å²) < 4.78 is 7.45. The molecule has 0 unspecified atom stereocenters. The molecule has 19 heavy (non-hydrogen) atoms. The molecule has 0 saturated carbocycles. The van der Waals surface area contributed by atoms with Crippen LogP contribution in [0.5, 0.6) is 0 Å². The molecule has 0 aliphatic heterocycles. The number of benzene rings is 1. The number of nitrogens with two attached hydrogens (primary N) is 1. The van der Waals surface area contributed by atoms with Crippen molar-refractivity contribution in [1.82, 2.24) is 9.55 Å². The van der Waals surface area contributed by atoms with Gasteiger partial charge in [-0.2, -0.15) is 5.26 Å². The highest BCUT2D eigenvalue weighted by atomic mass is 16.5. The van der Waals surface area contributed by atoms with Gasteiger partial charge in [-0.15, -0.1) is 0 Å². The molecule has 0 amide bonds. The fourth-order valence-corrected chi connectivity index (χ4v) is 1.97. The van der Waals surface area contributed by atoms with Gasteiger partial charge < -0.3 is 15.0 Å². The molecule has 2 rings (SSSR count). The lowest BCUT2D eigenvalue weighted by Gasteiger charge is -2.09. The first-order valence-electron chi connectivity index (χ1n) is 6.36. The third-order valence-corrected chi connectivity index (χ3v) is 2.84. The van der Waals surface area contributed by atoms with E-state index < -0.39 is 0 Å². The molecule has 0 fully saturated rings. The van der Waals surface area contributed by atoms with Crippen LogP contribution < -0.4 is 5.73 Å². The summed E-state index contributed by atoms with van der Waals surface area (Å²) in [5.74, 6) is 0.938. The molecule has 5 nitrogen and oxygen atoms in total. The van der Waals surface area contributed by atoms with E-state index in [4.69, 9.17) is 15.7 Å². The summed E-state index contributed by atoms with van der Waals surface area (Å²) in [6.07, 6.45) is 0. The zero-order valence-electron chi connectivity index (χ0n) is 11.3. The molecule has 0 bridgehead atoms. The molecule has 0 atom stereocenters. The Morgan fingerprint density at radius 3 is 2.95 bits per heavy atom. The Bertz CT molecular complexity index is 610. The maximum absolute atomic E-state index is 9.05. The molecular weight excluding hydrogens is 240 g/mol. The van der Waals surface area contributed by atoms with Crippen molar-refractivity contribution in [3.8, 4) is 6.07 Å². The monoisotopic (exact) mass is 258 g/mol. The second-order valence-corrected chi connectivity index (χ2v) is 4.88. The van der Waals surface area contributed by atoms with Crippen molar-refractivity contribution in [2.24, 2.45) is 5.92 Å². The van der Waals surface area contributed by atoms with Crippen LogP contribution in [0.2, 0.25) is 0 Å². The van der Waals surface area contributed by atoms with E-state index in [0.29, 0.717) is 36.1 Å². The van der Waals surface area contributed by atoms with Crippen LogP contribution in [0.15, 0.2) is 18.2 Å². The van der Waals surface area contributed by atoms with Crippen molar-refractivity contribution in [2.45, 2.75) is 20.4 Å². The molecule has 100 valence electrons. The van der Waals surface area contributed by atoms with Gasteiger partial charge in [-0.1, -0.05) is 19.9 Å². The van der Waals surface area contributed by atoms with Gasteiger partial charge in [0.2, 0.25) is 5.95 Å². The Morgan fingerprint density at radius 2 is 2.26 bits per heavy atom. The number of anilines is 1. The number of hydrogen-bond acceptors (Lipinski definition) is 4. The Morgan fingerprint density at radius 1 is 1.47 bits per heavy atom. The number of rotatable bonds is 5. The number of fused-ring (bicyclic) bond motifs is 1. The van der Waals surface area contributed by atoms with E-state index in [2.05, 4.69) is 24.9 Å². The maximum atomic E-state index is 9.05. The molecule has 5 heteroatoms. The largest absolute Gasteiger partial charge is 0.379 e. The summed E-state index contributed by atoms with van der Waals surface area (Å²) in [6.45, 7) is 6.19. The van der Waals surface area contributed by atoms with Crippen LogP contribution >= 0.6 is 0 Å². The third kappa shape index (κ3) is 2.85. The maximum Gasteiger partial charge on any atom is 0.201 e. The third-order valence-electron chi connectivity index (χ3n) is 2.84. The van der Waals surface area contributed by atoms with Crippen molar-refractivity contribution < 1.29 is 4.74 Å². The molecular formula is C14H18N4O. The van der Waals surface area contributed by atoms with Crippen molar-refractivity contribution in [1.29, 1.82) is 5.26 Å². The lowest BCUT2D eigenvalue weighted by atomic mass is 10.2. The van der Waals surface area contributed by atoms with E-state index in [1.165, 1.54) is 0 Å². The van der Waals surface area contributed by atoms with Crippen LogP contribution in [-0.4, -0.2) is 22.8 Å². The zero-order chi connectivity index (χ0) is 13.8. The first-order chi connectivity index (χ1) is 9.13. The lowest BCUT2D eigenvalue weighted by Crippen LogP contribution is -2.11. The number of ether oxygens (including phenoxy) is 1. The predicted octanol–water partition coefficient (Wildman–Crippen LogP) is 2.16. The minimum absolute atomic E-state index is 0.422. The van der Waals surface area contributed by atoms with Crippen LogP contribution in [0.1, 0.15) is 19.4 Å². The number of hydrogen-bond donors (Lipinski definition) is 1. The van der Waals surface area contributed by atoms with Crippen LogP contribution in [0.4, 0.5) is 5.95 Å². The molecule has 0 aliphatic rings. The molecule has 0 saturated heterocycles. The predicted molar refractivity (Wildman–Crippen MR) is 74.5 cm³/mol. The van der Waals surface area contributed by atoms with Gasteiger partial charge in [0.25, 0.3) is 0 Å². The Balaban J connectivity index is 2.19. The fourth-order valence-electron chi connectivity index (χ4n) is 1.97. The van der Waals surface area contributed by atoms with Crippen LogP contribution in [-0.2, 0) is 11.3 Å². The average molecular weight is 258 g/mol. The number of imidazole rings is 1. The highest BCUT2D eigenvalue weighted by Gasteiger charge is 2.11. The van der Waals surface area contributed by atoms with Crippen LogP contribution in [0.25, 0.3) is 11.0 Å². The van der Waals surface area contributed by atoms with Gasteiger partial charge in [0.1, 0.15) is 11.6 Å². The van der Waals surface area contributed by atoms with Crippen molar-refractivity contribution in [3.63, 3.8) is 0 Å². The lowest BCUT2D eigenvalue weighted by molar-refractivity contribution is 0.104. The minimum atomic E-state index is 0.422.